The van der Waals surface area contributed by atoms with E-state index in [2.05, 4.69) is 5.32 Å². The Hall–Kier alpha value is -0.930. The van der Waals surface area contributed by atoms with Crippen molar-refractivity contribution in [3.63, 3.8) is 0 Å². The van der Waals surface area contributed by atoms with E-state index in [0.29, 0.717) is 18.2 Å². The lowest BCUT2D eigenvalue weighted by molar-refractivity contribution is 0.463. The van der Waals surface area contributed by atoms with E-state index in [1.165, 1.54) is 6.07 Å². The molecular weight excluding hydrogens is 191 g/mol. The molecule has 2 nitrogen and oxygen atoms in total. The molecule has 0 aliphatic heterocycles. The molecule has 0 aromatic heterocycles. The number of halogens is 1. The smallest absolute Gasteiger partial charge is 0.128 e. The number of hydrogen-bond acceptors (Lipinski definition) is 2. The van der Waals surface area contributed by atoms with Crippen LogP contribution in [-0.4, -0.2) is 12.6 Å². The lowest BCUT2D eigenvalue weighted by atomic mass is 10.0. The van der Waals surface area contributed by atoms with Gasteiger partial charge in [0.05, 0.1) is 0 Å². The molecule has 0 spiro atoms. The second-order valence-electron chi connectivity index (χ2n) is 4.13. The van der Waals surface area contributed by atoms with Crippen molar-refractivity contribution in [1.82, 2.24) is 5.32 Å². The van der Waals surface area contributed by atoms with Crippen LogP contribution in [0.1, 0.15) is 31.0 Å². The number of nitrogens with one attached hydrogen (secondary N) is 1. The molecule has 1 aromatic rings. The van der Waals surface area contributed by atoms with Crippen LogP contribution in [0.4, 0.5) is 4.39 Å². The Labute approximate surface area is 90.7 Å². The first kappa shape index (κ1) is 12.1. The van der Waals surface area contributed by atoms with Crippen molar-refractivity contribution in [3.05, 3.63) is 35.1 Å². The fraction of sp³-hybridized carbons (Fsp3) is 0.500. The van der Waals surface area contributed by atoms with E-state index >= 15 is 0 Å². The fourth-order valence-corrected chi connectivity index (χ4v) is 1.62. The topological polar surface area (TPSA) is 38.0 Å². The number of benzene rings is 1. The highest BCUT2D eigenvalue weighted by Gasteiger charge is 2.14. The minimum absolute atomic E-state index is 0.107. The van der Waals surface area contributed by atoms with Crippen LogP contribution in [0.15, 0.2) is 18.2 Å². The van der Waals surface area contributed by atoms with Crippen LogP contribution in [0, 0.1) is 12.7 Å². The Kier molecular flexibility index (Phi) is 4.24. The molecular formula is C12H19FN2. The van der Waals surface area contributed by atoms with E-state index < -0.39 is 0 Å². The van der Waals surface area contributed by atoms with Gasteiger partial charge >= 0.3 is 0 Å². The first-order valence-electron chi connectivity index (χ1n) is 5.26. The Balaban J connectivity index is 2.95. The second kappa shape index (κ2) is 5.24. The first-order chi connectivity index (χ1) is 7.04. The lowest BCUT2D eigenvalue weighted by Gasteiger charge is -2.20. The van der Waals surface area contributed by atoms with Gasteiger partial charge in [0.15, 0.2) is 0 Å². The molecule has 0 aliphatic carbocycles. The molecule has 0 aliphatic rings. The summed E-state index contributed by atoms with van der Waals surface area (Å²) in [5.41, 5.74) is 7.35. The van der Waals surface area contributed by atoms with E-state index in [1.54, 1.807) is 6.07 Å². The van der Waals surface area contributed by atoms with Crippen molar-refractivity contribution in [2.45, 2.75) is 32.9 Å². The number of hydrogen-bond donors (Lipinski definition) is 2. The molecule has 1 rings (SSSR count). The largest absolute Gasteiger partial charge is 0.329 e. The summed E-state index contributed by atoms with van der Waals surface area (Å²) < 4.78 is 13.6. The van der Waals surface area contributed by atoms with Crippen molar-refractivity contribution in [3.8, 4) is 0 Å². The van der Waals surface area contributed by atoms with E-state index in [4.69, 9.17) is 5.73 Å². The maximum Gasteiger partial charge on any atom is 0.128 e. The molecule has 0 bridgehead atoms. The number of aryl methyl sites for hydroxylation is 1. The summed E-state index contributed by atoms with van der Waals surface area (Å²) in [4.78, 5) is 0. The Morgan fingerprint density at radius 2 is 2.07 bits per heavy atom. The zero-order valence-corrected chi connectivity index (χ0v) is 9.55. The minimum atomic E-state index is -0.191. The van der Waals surface area contributed by atoms with Gasteiger partial charge in [0, 0.05) is 24.2 Å². The molecule has 15 heavy (non-hydrogen) atoms. The molecule has 0 fully saturated rings. The van der Waals surface area contributed by atoms with Gasteiger partial charge in [0.1, 0.15) is 5.82 Å². The molecule has 0 heterocycles. The van der Waals surface area contributed by atoms with Crippen molar-refractivity contribution >= 4 is 0 Å². The third-order valence-corrected chi connectivity index (χ3v) is 2.30. The van der Waals surface area contributed by atoms with Gasteiger partial charge in [-0.1, -0.05) is 31.5 Å². The van der Waals surface area contributed by atoms with Gasteiger partial charge in [0.25, 0.3) is 0 Å². The summed E-state index contributed by atoms with van der Waals surface area (Å²) >= 11 is 0. The summed E-state index contributed by atoms with van der Waals surface area (Å²) in [6.07, 6.45) is 0. The SMILES string of the molecule is Cc1ccc(F)c(C(CN)NC(C)C)c1. The summed E-state index contributed by atoms with van der Waals surface area (Å²) in [7, 11) is 0. The zero-order chi connectivity index (χ0) is 11.4. The van der Waals surface area contributed by atoms with E-state index in [0.717, 1.165) is 5.56 Å². The summed E-state index contributed by atoms with van der Waals surface area (Å²) in [6.45, 7) is 6.40. The van der Waals surface area contributed by atoms with Gasteiger partial charge in [0.2, 0.25) is 0 Å². The van der Waals surface area contributed by atoms with Crippen LogP contribution < -0.4 is 11.1 Å². The number of nitrogens with two attached hydrogens (primary N) is 1. The standard InChI is InChI=1S/C12H19FN2/c1-8(2)15-12(7-14)10-6-9(3)4-5-11(10)13/h4-6,8,12,15H,7,14H2,1-3H3. The first-order valence-corrected chi connectivity index (χ1v) is 5.26. The maximum absolute atomic E-state index is 13.6. The van der Waals surface area contributed by atoms with Gasteiger partial charge in [-0.25, -0.2) is 4.39 Å². The Bertz CT molecular complexity index is 323. The average molecular weight is 210 g/mol. The van der Waals surface area contributed by atoms with E-state index in [-0.39, 0.29) is 11.9 Å². The molecule has 84 valence electrons. The monoisotopic (exact) mass is 210 g/mol. The number of rotatable bonds is 4. The van der Waals surface area contributed by atoms with Crippen molar-refractivity contribution < 1.29 is 4.39 Å². The summed E-state index contributed by atoms with van der Waals surface area (Å²) in [5, 5.41) is 3.25. The van der Waals surface area contributed by atoms with Crippen molar-refractivity contribution in [1.29, 1.82) is 0 Å². The predicted molar refractivity (Wildman–Crippen MR) is 61.2 cm³/mol. The molecule has 0 saturated carbocycles. The normalized spacial score (nSPS) is 13.2. The van der Waals surface area contributed by atoms with E-state index in [9.17, 15) is 4.39 Å². The van der Waals surface area contributed by atoms with Crippen LogP contribution in [0.2, 0.25) is 0 Å². The molecule has 1 aromatic carbocycles. The van der Waals surface area contributed by atoms with Crippen LogP contribution in [-0.2, 0) is 0 Å². The molecule has 3 heteroatoms. The van der Waals surface area contributed by atoms with Gasteiger partial charge in [-0.05, 0) is 13.0 Å². The second-order valence-corrected chi connectivity index (χ2v) is 4.13. The molecule has 3 N–H and O–H groups in total. The lowest BCUT2D eigenvalue weighted by Crippen LogP contribution is -2.33. The van der Waals surface area contributed by atoms with Gasteiger partial charge in [-0.2, -0.15) is 0 Å². The minimum Gasteiger partial charge on any atom is -0.329 e. The van der Waals surface area contributed by atoms with Crippen LogP contribution in [0.3, 0.4) is 0 Å². The zero-order valence-electron chi connectivity index (χ0n) is 9.55. The highest BCUT2D eigenvalue weighted by molar-refractivity contribution is 5.27. The van der Waals surface area contributed by atoms with Crippen LogP contribution in [0.25, 0.3) is 0 Å². The third kappa shape index (κ3) is 3.29. The van der Waals surface area contributed by atoms with Crippen LogP contribution >= 0.6 is 0 Å². The van der Waals surface area contributed by atoms with Crippen molar-refractivity contribution in [2.24, 2.45) is 5.73 Å². The van der Waals surface area contributed by atoms with Gasteiger partial charge in [-0.3, -0.25) is 0 Å². The highest BCUT2D eigenvalue weighted by Crippen LogP contribution is 2.18. The molecule has 1 unspecified atom stereocenters. The Morgan fingerprint density at radius 1 is 1.40 bits per heavy atom. The quantitative estimate of drug-likeness (QED) is 0.799. The van der Waals surface area contributed by atoms with Gasteiger partial charge < -0.3 is 11.1 Å². The van der Waals surface area contributed by atoms with Crippen LogP contribution in [0.5, 0.6) is 0 Å². The molecule has 0 amide bonds. The third-order valence-electron chi connectivity index (χ3n) is 2.30. The summed E-state index contributed by atoms with van der Waals surface area (Å²) in [6, 6.07) is 5.29. The van der Waals surface area contributed by atoms with E-state index in [1.807, 2.05) is 26.8 Å². The summed E-state index contributed by atoms with van der Waals surface area (Å²) in [5.74, 6) is -0.191. The van der Waals surface area contributed by atoms with Gasteiger partial charge in [-0.15, -0.1) is 0 Å². The maximum atomic E-state index is 13.6. The predicted octanol–water partition coefficient (Wildman–Crippen LogP) is 2.13. The average Bonchev–Trinajstić information content (AvgIpc) is 2.18. The molecule has 1 atom stereocenters. The fourth-order valence-electron chi connectivity index (χ4n) is 1.62. The molecule has 0 saturated heterocycles. The Morgan fingerprint density at radius 3 is 2.60 bits per heavy atom. The molecule has 0 radical (unpaired) electrons. The van der Waals surface area contributed by atoms with Crippen molar-refractivity contribution in [2.75, 3.05) is 6.54 Å². The highest BCUT2D eigenvalue weighted by atomic mass is 19.1.